The summed E-state index contributed by atoms with van der Waals surface area (Å²) in [6, 6.07) is 4.62. The van der Waals surface area contributed by atoms with Crippen molar-refractivity contribution < 1.29 is 9.50 Å². The van der Waals surface area contributed by atoms with Crippen molar-refractivity contribution in [1.82, 2.24) is 0 Å². The van der Waals surface area contributed by atoms with Gasteiger partial charge in [-0.25, -0.2) is 4.39 Å². The van der Waals surface area contributed by atoms with Crippen LogP contribution in [0.1, 0.15) is 38.5 Å². The topological polar surface area (TPSA) is 32.3 Å². The first-order valence-electron chi connectivity index (χ1n) is 6.50. The molecule has 1 saturated carbocycles. The fourth-order valence-corrected chi connectivity index (χ4v) is 2.55. The number of nitrogens with one attached hydrogen (secondary N) is 1. The molecule has 0 amide bonds. The van der Waals surface area contributed by atoms with Crippen LogP contribution in [0.4, 0.5) is 10.1 Å². The summed E-state index contributed by atoms with van der Waals surface area (Å²) >= 11 is 5.63. The molecule has 0 saturated heterocycles. The van der Waals surface area contributed by atoms with Crippen LogP contribution in [-0.4, -0.2) is 17.3 Å². The number of rotatable bonds is 3. The Morgan fingerprint density at radius 3 is 2.50 bits per heavy atom. The first-order valence-corrected chi connectivity index (χ1v) is 6.88. The molecule has 0 atom stereocenters. The van der Waals surface area contributed by atoms with Gasteiger partial charge in [0.1, 0.15) is 5.82 Å². The summed E-state index contributed by atoms with van der Waals surface area (Å²) in [4.78, 5) is 0. The third-order valence-corrected chi connectivity index (χ3v) is 3.88. The normalized spacial score (nSPS) is 19.3. The molecular weight excluding hydrogens is 253 g/mol. The van der Waals surface area contributed by atoms with E-state index in [1.165, 1.54) is 25.0 Å². The van der Waals surface area contributed by atoms with Gasteiger partial charge in [0, 0.05) is 12.2 Å². The lowest BCUT2D eigenvalue weighted by molar-refractivity contribution is 0.0381. The zero-order chi connectivity index (χ0) is 13.0. The van der Waals surface area contributed by atoms with Crippen molar-refractivity contribution in [2.75, 3.05) is 11.9 Å². The molecule has 1 aromatic rings. The maximum Gasteiger partial charge on any atom is 0.143 e. The predicted molar refractivity (Wildman–Crippen MR) is 72.6 cm³/mol. The molecule has 0 aliphatic heterocycles. The molecule has 1 aliphatic carbocycles. The summed E-state index contributed by atoms with van der Waals surface area (Å²) in [5.74, 6) is -0.436. The zero-order valence-electron chi connectivity index (χ0n) is 10.4. The second-order valence-electron chi connectivity index (χ2n) is 5.12. The van der Waals surface area contributed by atoms with Gasteiger partial charge in [0.05, 0.1) is 10.6 Å². The molecule has 2 N–H and O–H groups in total. The van der Waals surface area contributed by atoms with E-state index in [2.05, 4.69) is 5.32 Å². The van der Waals surface area contributed by atoms with E-state index >= 15 is 0 Å². The Kier molecular flexibility index (Phi) is 4.46. The van der Waals surface area contributed by atoms with Gasteiger partial charge in [-0.15, -0.1) is 0 Å². The summed E-state index contributed by atoms with van der Waals surface area (Å²) in [7, 11) is 0. The van der Waals surface area contributed by atoms with Crippen molar-refractivity contribution in [2.24, 2.45) is 0 Å². The van der Waals surface area contributed by atoms with E-state index in [1.807, 2.05) is 0 Å². The Balaban J connectivity index is 1.95. The monoisotopic (exact) mass is 271 g/mol. The molecule has 0 spiro atoms. The second kappa shape index (κ2) is 5.89. The highest BCUT2D eigenvalue weighted by molar-refractivity contribution is 6.30. The SMILES string of the molecule is OC1(CNc2ccc(Cl)c(F)c2)CCCCCC1. The van der Waals surface area contributed by atoms with Gasteiger partial charge in [0.15, 0.2) is 0 Å². The minimum Gasteiger partial charge on any atom is -0.388 e. The van der Waals surface area contributed by atoms with Crippen LogP contribution >= 0.6 is 11.6 Å². The largest absolute Gasteiger partial charge is 0.388 e. The maximum absolute atomic E-state index is 13.3. The number of hydrogen-bond donors (Lipinski definition) is 2. The minimum absolute atomic E-state index is 0.119. The van der Waals surface area contributed by atoms with Crippen LogP contribution in [-0.2, 0) is 0 Å². The number of anilines is 1. The van der Waals surface area contributed by atoms with Crippen molar-refractivity contribution in [3.8, 4) is 0 Å². The van der Waals surface area contributed by atoms with E-state index in [0.717, 1.165) is 25.7 Å². The van der Waals surface area contributed by atoms with Crippen LogP contribution in [0.25, 0.3) is 0 Å². The van der Waals surface area contributed by atoms with Crippen LogP contribution in [0, 0.1) is 5.82 Å². The fraction of sp³-hybridized carbons (Fsp3) is 0.571. The Labute approximate surface area is 112 Å². The quantitative estimate of drug-likeness (QED) is 0.815. The van der Waals surface area contributed by atoms with E-state index in [0.29, 0.717) is 12.2 Å². The number of aliphatic hydroxyl groups is 1. The first-order chi connectivity index (χ1) is 8.59. The molecule has 0 aromatic heterocycles. The van der Waals surface area contributed by atoms with Crippen LogP contribution in [0.3, 0.4) is 0 Å². The molecule has 2 rings (SSSR count). The predicted octanol–water partition coefficient (Wildman–Crippen LogP) is 3.98. The van der Waals surface area contributed by atoms with E-state index in [4.69, 9.17) is 11.6 Å². The fourth-order valence-electron chi connectivity index (χ4n) is 2.44. The van der Waals surface area contributed by atoms with Crippen LogP contribution in [0.2, 0.25) is 5.02 Å². The lowest BCUT2D eigenvalue weighted by Crippen LogP contribution is -2.36. The van der Waals surface area contributed by atoms with Gasteiger partial charge in [0.25, 0.3) is 0 Å². The standard InChI is InChI=1S/C14H19ClFNO/c15-12-6-5-11(9-13(12)16)17-10-14(18)7-3-1-2-4-8-14/h5-6,9,17-18H,1-4,7-8,10H2. The Morgan fingerprint density at radius 2 is 1.89 bits per heavy atom. The molecule has 0 radical (unpaired) electrons. The summed E-state index contributed by atoms with van der Waals surface area (Å²) < 4.78 is 13.3. The molecule has 0 unspecified atom stereocenters. The van der Waals surface area contributed by atoms with Crippen LogP contribution in [0.15, 0.2) is 18.2 Å². The van der Waals surface area contributed by atoms with Crippen LogP contribution < -0.4 is 5.32 Å². The molecule has 18 heavy (non-hydrogen) atoms. The first kappa shape index (κ1) is 13.6. The second-order valence-corrected chi connectivity index (χ2v) is 5.53. The molecule has 4 heteroatoms. The Bertz CT molecular complexity index is 403. The lowest BCUT2D eigenvalue weighted by Gasteiger charge is -2.27. The summed E-state index contributed by atoms with van der Waals surface area (Å²) in [5.41, 5.74) is 0.00153. The van der Waals surface area contributed by atoms with Crippen molar-refractivity contribution in [1.29, 1.82) is 0 Å². The third-order valence-electron chi connectivity index (χ3n) is 3.58. The smallest absolute Gasteiger partial charge is 0.143 e. The van der Waals surface area contributed by atoms with E-state index in [9.17, 15) is 9.50 Å². The lowest BCUT2D eigenvalue weighted by atomic mass is 9.94. The van der Waals surface area contributed by atoms with Gasteiger partial charge < -0.3 is 10.4 Å². The Hall–Kier alpha value is -0.800. The van der Waals surface area contributed by atoms with Crippen molar-refractivity contribution >= 4 is 17.3 Å². The van der Waals surface area contributed by atoms with Gasteiger partial charge >= 0.3 is 0 Å². The highest BCUT2D eigenvalue weighted by Crippen LogP contribution is 2.27. The number of benzene rings is 1. The summed E-state index contributed by atoms with van der Waals surface area (Å²) in [6.07, 6.45) is 6.14. The highest BCUT2D eigenvalue weighted by Gasteiger charge is 2.27. The Morgan fingerprint density at radius 1 is 1.22 bits per heavy atom. The van der Waals surface area contributed by atoms with Gasteiger partial charge in [-0.1, -0.05) is 37.3 Å². The van der Waals surface area contributed by atoms with Crippen molar-refractivity contribution in [3.63, 3.8) is 0 Å². The van der Waals surface area contributed by atoms with Crippen molar-refractivity contribution in [2.45, 2.75) is 44.1 Å². The molecule has 0 heterocycles. The van der Waals surface area contributed by atoms with Gasteiger partial charge in [-0.2, -0.15) is 0 Å². The molecule has 1 fully saturated rings. The van der Waals surface area contributed by atoms with Gasteiger partial charge in [-0.3, -0.25) is 0 Å². The molecule has 2 nitrogen and oxygen atoms in total. The van der Waals surface area contributed by atoms with Gasteiger partial charge in [0.2, 0.25) is 0 Å². The number of halogens is 2. The van der Waals surface area contributed by atoms with Crippen LogP contribution in [0.5, 0.6) is 0 Å². The third kappa shape index (κ3) is 3.59. The average Bonchev–Trinajstić information content (AvgIpc) is 2.56. The maximum atomic E-state index is 13.3. The molecule has 1 aromatic carbocycles. The molecule has 100 valence electrons. The van der Waals surface area contributed by atoms with Crippen molar-refractivity contribution in [3.05, 3.63) is 29.0 Å². The van der Waals surface area contributed by atoms with E-state index in [-0.39, 0.29) is 5.02 Å². The highest BCUT2D eigenvalue weighted by atomic mass is 35.5. The zero-order valence-corrected chi connectivity index (χ0v) is 11.1. The van der Waals surface area contributed by atoms with E-state index in [1.54, 1.807) is 6.07 Å². The van der Waals surface area contributed by atoms with Gasteiger partial charge in [-0.05, 0) is 31.0 Å². The number of hydrogen-bond acceptors (Lipinski definition) is 2. The van der Waals surface area contributed by atoms with E-state index < -0.39 is 11.4 Å². The average molecular weight is 272 g/mol. The molecule has 1 aliphatic rings. The minimum atomic E-state index is -0.660. The molecule has 0 bridgehead atoms. The molecular formula is C14H19ClFNO. The summed E-state index contributed by atoms with van der Waals surface area (Å²) in [6.45, 7) is 0.466. The summed E-state index contributed by atoms with van der Waals surface area (Å²) in [5, 5.41) is 13.7.